The molecule has 1 aromatic carbocycles. The molecule has 0 unspecified atom stereocenters. The highest BCUT2D eigenvalue weighted by Gasteiger charge is 2.32. The molecular formula is C18H18N4O. The Morgan fingerprint density at radius 2 is 2.09 bits per heavy atom. The van der Waals surface area contributed by atoms with Gasteiger partial charge in [0.15, 0.2) is 0 Å². The summed E-state index contributed by atoms with van der Waals surface area (Å²) in [6.07, 6.45) is 0.714. The number of aryl methyl sites for hydroxylation is 1. The SMILES string of the molecule is Cc1ccc(C#N)c(N[C@@H]2CCN(Cc3ccccc3)C2=O)n1. The number of likely N-dealkylation sites (tertiary alicyclic amines) is 1. The van der Waals surface area contributed by atoms with Gasteiger partial charge < -0.3 is 10.2 Å². The van der Waals surface area contributed by atoms with Crippen LogP contribution in [0.4, 0.5) is 5.82 Å². The summed E-state index contributed by atoms with van der Waals surface area (Å²) >= 11 is 0. The van der Waals surface area contributed by atoms with Crippen LogP contribution in [-0.2, 0) is 11.3 Å². The summed E-state index contributed by atoms with van der Waals surface area (Å²) < 4.78 is 0. The van der Waals surface area contributed by atoms with E-state index in [1.165, 1.54) is 0 Å². The zero-order valence-corrected chi connectivity index (χ0v) is 13.0. The first-order chi connectivity index (χ1) is 11.2. The molecule has 1 aliphatic rings. The second-order valence-corrected chi connectivity index (χ2v) is 5.69. The molecule has 0 saturated carbocycles. The van der Waals surface area contributed by atoms with Crippen molar-refractivity contribution >= 4 is 11.7 Å². The van der Waals surface area contributed by atoms with Crippen molar-refractivity contribution in [2.45, 2.75) is 25.9 Å². The molecule has 1 aliphatic heterocycles. The molecule has 0 aliphatic carbocycles. The van der Waals surface area contributed by atoms with Crippen molar-refractivity contribution in [2.24, 2.45) is 0 Å². The zero-order chi connectivity index (χ0) is 16.2. The lowest BCUT2D eigenvalue weighted by Crippen LogP contribution is -2.33. The van der Waals surface area contributed by atoms with Crippen molar-refractivity contribution in [3.63, 3.8) is 0 Å². The number of carbonyl (C=O) groups excluding carboxylic acids is 1. The Morgan fingerprint density at radius 1 is 1.30 bits per heavy atom. The summed E-state index contributed by atoms with van der Waals surface area (Å²) in [6.45, 7) is 3.19. The lowest BCUT2D eigenvalue weighted by molar-refractivity contribution is -0.128. The molecule has 116 valence electrons. The van der Waals surface area contributed by atoms with Gasteiger partial charge in [-0.25, -0.2) is 4.98 Å². The van der Waals surface area contributed by atoms with E-state index in [0.717, 1.165) is 11.3 Å². The number of carbonyl (C=O) groups is 1. The highest BCUT2D eigenvalue weighted by molar-refractivity contribution is 5.86. The summed E-state index contributed by atoms with van der Waals surface area (Å²) in [6, 6.07) is 15.3. The van der Waals surface area contributed by atoms with Crippen molar-refractivity contribution < 1.29 is 4.79 Å². The quantitative estimate of drug-likeness (QED) is 0.942. The second-order valence-electron chi connectivity index (χ2n) is 5.69. The van der Waals surface area contributed by atoms with Crippen LogP contribution in [0.5, 0.6) is 0 Å². The molecule has 2 heterocycles. The van der Waals surface area contributed by atoms with Gasteiger partial charge >= 0.3 is 0 Å². The molecule has 1 N–H and O–H groups in total. The van der Waals surface area contributed by atoms with Gasteiger partial charge in [0.2, 0.25) is 5.91 Å². The van der Waals surface area contributed by atoms with Gasteiger partial charge in [0.05, 0.1) is 5.56 Å². The Balaban J connectivity index is 1.70. The third-order valence-electron chi connectivity index (χ3n) is 3.98. The maximum Gasteiger partial charge on any atom is 0.245 e. The summed E-state index contributed by atoms with van der Waals surface area (Å²) in [4.78, 5) is 18.7. The second kappa shape index (κ2) is 6.49. The van der Waals surface area contributed by atoms with Gasteiger partial charge in [-0.1, -0.05) is 30.3 Å². The van der Waals surface area contributed by atoms with Gasteiger partial charge in [0, 0.05) is 18.8 Å². The van der Waals surface area contributed by atoms with E-state index in [1.54, 1.807) is 12.1 Å². The summed E-state index contributed by atoms with van der Waals surface area (Å²) in [5, 5.41) is 12.3. The molecule has 0 radical (unpaired) electrons. The molecule has 1 saturated heterocycles. The first-order valence-corrected chi connectivity index (χ1v) is 7.64. The van der Waals surface area contributed by atoms with E-state index in [-0.39, 0.29) is 11.9 Å². The van der Waals surface area contributed by atoms with Gasteiger partial charge in [-0.3, -0.25) is 4.79 Å². The van der Waals surface area contributed by atoms with Crippen molar-refractivity contribution in [1.82, 2.24) is 9.88 Å². The predicted molar refractivity (Wildman–Crippen MR) is 87.6 cm³/mol. The van der Waals surface area contributed by atoms with Crippen LogP contribution in [0.25, 0.3) is 0 Å². The van der Waals surface area contributed by atoms with Crippen molar-refractivity contribution in [3.05, 3.63) is 59.3 Å². The normalized spacial score (nSPS) is 17.1. The molecular weight excluding hydrogens is 288 g/mol. The highest BCUT2D eigenvalue weighted by Crippen LogP contribution is 2.20. The van der Waals surface area contributed by atoms with Crippen LogP contribution in [0, 0.1) is 18.3 Å². The molecule has 1 fully saturated rings. The zero-order valence-electron chi connectivity index (χ0n) is 13.0. The van der Waals surface area contributed by atoms with E-state index >= 15 is 0 Å². The molecule has 1 aromatic heterocycles. The number of benzene rings is 1. The monoisotopic (exact) mass is 306 g/mol. The summed E-state index contributed by atoms with van der Waals surface area (Å²) in [5.41, 5.74) is 2.40. The molecule has 5 nitrogen and oxygen atoms in total. The van der Waals surface area contributed by atoms with Crippen LogP contribution in [0.3, 0.4) is 0 Å². The Labute approximate surface area is 135 Å². The van der Waals surface area contributed by atoms with E-state index in [0.29, 0.717) is 30.9 Å². The lowest BCUT2D eigenvalue weighted by atomic mass is 10.2. The third kappa shape index (κ3) is 3.32. The standard InChI is InChI=1S/C18H18N4O/c1-13-7-8-15(11-19)17(20-13)21-16-9-10-22(18(16)23)12-14-5-3-2-4-6-14/h2-8,16H,9-10,12H2,1H3,(H,20,21)/t16-/m1/s1. The summed E-state index contributed by atoms with van der Waals surface area (Å²) in [7, 11) is 0. The average Bonchev–Trinajstić information content (AvgIpc) is 2.89. The van der Waals surface area contributed by atoms with Gasteiger partial charge in [-0.05, 0) is 31.0 Å². The van der Waals surface area contributed by atoms with Crippen LogP contribution in [0.2, 0.25) is 0 Å². The van der Waals surface area contributed by atoms with E-state index in [2.05, 4.69) is 16.4 Å². The van der Waals surface area contributed by atoms with Crippen LogP contribution >= 0.6 is 0 Å². The van der Waals surface area contributed by atoms with Crippen molar-refractivity contribution in [3.8, 4) is 6.07 Å². The summed E-state index contributed by atoms with van der Waals surface area (Å²) in [5.74, 6) is 0.550. The minimum atomic E-state index is -0.319. The topological polar surface area (TPSA) is 69.0 Å². The average molecular weight is 306 g/mol. The maximum atomic E-state index is 12.6. The maximum absolute atomic E-state index is 12.6. The van der Waals surface area contributed by atoms with Gasteiger partial charge in [-0.15, -0.1) is 0 Å². The molecule has 2 aromatic rings. The Hall–Kier alpha value is -2.87. The fourth-order valence-corrected chi connectivity index (χ4v) is 2.76. The number of nitrogens with zero attached hydrogens (tertiary/aromatic N) is 3. The van der Waals surface area contributed by atoms with E-state index in [9.17, 15) is 10.1 Å². The number of hydrogen-bond acceptors (Lipinski definition) is 4. The van der Waals surface area contributed by atoms with Gasteiger partial charge in [-0.2, -0.15) is 5.26 Å². The molecule has 0 bridgehead atoms. The Kier molecular flexibility index (Phi) is 4.24. The first kappa shape index (κ1) is 15.0. The van der Waals surface area contributed by atoms with Crippen molar-refractivity contribution in [2.75, 3.05) is 11.9 Å². The number of aromatic nitrogens is 1. The number of nitrogens with one attached hydrogen (secondary N) is 1. The van der Waals surface area contributed by atoms with Crippen LogP contribution in [-0.4, -0.2) is 28.4 Å². The van der Waals surface area contributed by atoms with E-state index in [4.69, 9.17) is 0 Å². The molecule has 5 heteroatoms. The fraction of sp³-hybridized carbons (Fsp3) is 0.278. The van der Waals surface area contributed by atoms with Gasteiger partial charge in [0.1, 0.15) is 17.9 Å². The predicted octanol–water partition coefficient (Wildman–Crippen LogP) is 2.47. The number of anilines is 1. The van der Waals surface area contributed by atoms with Crippen LogP contribution in [0.1, 0.15) is 23.2 Å². The number of hydrogen-bond donors (Lipinski definition) is 1. The Bertz CT molecular complexity index is 751. The minimum Gasteiger partial charge on any atom is -0.357 e. The van der Waals surface area contributed by atoms with Gasteiger partial charge in [0.25, 0.3) is 0 Å². The molecule has 0 spiro atoms. The molecule has 1 amide bonds. The third-order valence-corrected chi connectivity index (χ3v) is 3.98. The molecule has 1 atom stereocenters. The Morgan fingerprint density at radius 3 is 2.83 bits per heavy atom. The first-order valence-electron chi connectivity index (χ1n) is 7.64. The molecule has 3 rings (SSSR count). The minimum absolute atomic E-state index is 0.0565. The fourth-order valence-electron chi connectivity index (χ4n) is 2.76. The number of rotatable bonds is 4. The molecule has 23 heavy (non-hydrogen) atoms. The highest BCUT2D eigenvalue weighted by atomic mass is 16.2. The van der Waals surface area contributed by atoms with E-state index in [1.807, 2.05) is 42.2 Å². The number of nitriles is 1. The lowest BCUT2D eigenvalue weighted by Gasteiger charge is -2.18. The largest absolute Gasteiger partial charge is 0.357 e. The van der Waals surface area contributed by atoms with Crippen molar-refractivity contribution in [1.29, 1.82) is 5.26 Å². The van der Waals surface area contributed by atoms with E-state index < -0.39 is 0 Å². The number of pyridine rings is 1. The van der Waals surface area contributed by atoms with Crippen LogP contribution in [0.15, 0.2) is 42.5 Å². The van der Waals surface area contributed by atoms with Crippen LogP contribution < -0.4 is 5.32 Å². The number of amides is 1. The smallest absolute Gasteiger partial charge is 0.245 e.